The topological polar surface area (TPSA) is 94.5 Å². The van der Waals surface area contributed by atoms with E-state index in [2.05, 4.69) is 5.32 Å². The maximum atomic E-state index is 12.1. The molecule has 1 heterocycles. The van der Waals surface area contributed by atoms with Crippen molar-refractivity contribution in [1.29, 1.82) is 0 Å². The number of aromatic nitrogens is 2. The molecule has 3 aromatic rings. The van der Waals surface area contributed by atoms with E-state index in [0.29, 0.717) is 6.54 Å². The third-order valence-electron chi connectivity index (χ3n) is 4.71. The number of carbonyl (C=O) groups is 2. The number of imide groups is 1. The van der Waals surface area contributed by atoms with Crippen LogP contribution in [-0.2, 0) is 11.3 Å². The third-order valence-corrected chi connectivity index (χ3v) is 4.71. The summed E-state index contributed by atoms with van der Waals surface area (Å²) in [5.41, 5.74) is 8.90. The van der Waals surface area contributed by atoms with E-state index in [1.165, 1.54) is 0 Å². The van der Waals surface area contributed by atoms with Crippen LogP contribution in [0.2, 0.25) is 0 Å². The number of rotatable bonds is 6. The molecule has 28 heavy (non-hydrogen) atoms. The van der Waals surface area contributed by atoms with Crippen LogP contribution >= 0.6 is 0 Å². The van der Waals surface area contributed by atoms with Crippen LogP contribution < -0.4 is 16.0 Å². The summed E-state index contributed by atoms with van der Waals surface area (Å²) in [7, 11) is 1.90. The summed E-state index contributed by atoms with van der Waals surface area (Å²) in [5, 5.41) is 6.93. The lowest BCUT2D eigenvalue weighted by atomic mass is 10.1. The van der Waals surface area contributed by atoms with Gasteiger partial charge in [0.2, 0.25) is 0 Å². The van der Waals surface area contributed by atoms with Crippen molar-refractivity contribution < 1.29 is 14.5 Å². The predicted molar refractivity (Wildman–Crippen MR) is 107 cm³/mol. The highest BCUT2D eigenvalue weighted by atomic mass is 16.2. The van der Waals surface area contributed by atoms with Gasteiger partial charge in [0.25, 0.3) is 5.91 Å². The Labute approximate surface area is 163 Å². The van der Waals surface area contributed by atoms with Crippen LogP contribution in [0.4, 0.5) is 4.79 Å². The second-order valence-electron chi connectivity index (χ2n) is 6.75. The number of nitrogens with zero attached hydrogens (tertiary/aromatic N) is 2. The summed E-state index contributed by atoms with van der Waals surface area (Å²) in [4.78, 5) is 24.0. The van der Waals surface area contributed by atoms with Crippen molar-refractivity contribution in [3.8, 4) is 16.9 Å². The summed E-state index contributed by atoms with van der Waals surface area (Å²) >= 11 is 0. The van der Waals surface area contributed by atoms with Gasteiger partial charge in [-0.3, -0.25) is 10.1 Å². The zero-order valence-electron chi connectivity index (χ0n) is 15.9. The molecular weight excluding hydrogens is 354 g/mol. The number of quaternary nitrogens is 1. The largest absolute Gasteiger partial charge is 0.351 e. The lowest BCUT2D eigenvalue weighted by Gasteiger charge is -2.20. The fraction of sp³-hybridized carbons (Fsp3) is 0.190. The highest BCUT2D eigenvalue weighted by Crippen LogP contribution is 2.23. The number of amides is 3. The van der Waals surface area contributed by atoms with Crippen molar-refractivity contribution in [1.82, 2.24) is 15.1 Å². The Morgan fingerprint density at radius 1 is 1.11 bits per heavy atom. The number of carbonyl (C=O) groups excluding carboxylic acids is 2. The summed E-state index contributed by atoms with van der Waals surface area (Å²) in [6.45, 7) is 2.32. The molecule has 0 fully saturated rings. The SMILES string of the molecule is C[C@@H](C(=O)NC(N)=O)[NH+](C)Cc1cn(-c2ccccc2)nc1-c1ccccc1. The Bertz CT molecular complexity index is 953. The summed E-state index contributed by atoms with van der Waals surface area (Å²) in [5.74, 6) is -0.401. The minimum atomic E-state index is -0.841. The average molecular weight is 378 g/mol. The second kappa shape index (κ2) is 8.49. The lowest BCUT2D eigenvalue weighted by molar-refractivity contribution is -0.908. The van der Waals surface area contributed by atoms with Crippen molar-refractivity contribution in [2.24, 2.45) is 5.73 Å². The summed E-state index contributed by atoms with van der Waals surface area (Å²) in [6, 6.07) is 18.5. The molecule has 1 aromatic heterocycles. The molecule has 4 N–H and O–H groups in total. The van der Waals surface area contributed by atoms with E-state index in [9.17, 15) is 9.59 Å². The van der Waals surface area contributed by atoms with E-state index in [4.69, 9.17) is 10.8 Å². The Morgan fingerprint density at radius 3 is 2.32 bits per heavy atom. The van der Waals surface area contributed by atoms with E-state index in [1.807, 2.05) is 78.6 Å². The molecule has 2 atom stereocenters. The first-order valence-electron chi connectivity index (χ1n) is 9.07. The van der Waals surface area contributed by atoms with E-state index in [1.54, 1.807) is 6.92 Å². The molecule has 3 rings (SSSR count). The van der Waals surface area contributed by atoms with Crippen molar-refractivity contribution in [3.63, 3.8) is 0 Å². The van der Waals surface area contributed by atoms with Crippen molar-refractivity contribution >= 4 is 11.9 Å². The molecule has 0 saturated heterocycles. The molecular formula is C21H24N5O2+. The first-order chi connectivity index (χ1) is 13.5. The van der Waals surface area contributed by atoms with E-state index >= 15 is 0 Å². The number of para-hydroxylation sites is 1. The van der Waals surface area contributed by atoms with Crippen molar-refractivity contribution in [2.75, 3.05) is 7.05 Å². The number of urea groups is 1. The zero-order chi connectivity index (χ0) is 20.1. The smallest absolute Gasteiger partial charge is 0.319 e. The van der Waals surface area contributed by atoms with Gasteiger partial charge in [0.1, 0.15) is 12.2 Å². The molecule has 0 saturated carbocycles. The van der Waals surface area contributed by atoms with Gasteiger partial charge in [-0.05, 0) is 19.1 Å². The molecule has 7 nitrogen and oxygen atoms in total. The quantitative estimate of drug-likeness (QED) is 0.600. The molecule has 144 valence electrons. The maximum Gasteiger partial charge on any atom is 0.319 e. The monoisotopic (exact) mass is 378 g/mol. The van der Waals surface area contributed by atoms with E-state index in [-0.39, 0.29) is 0 Å². The summed E-state index contributed by atoms with van der Waals surface area (Å²) in [6.07, 6.45) is 1.99. The lowest BCUT2D eigenvalue weighted by Crippen LogP contribution is -3.12. The first-order valence-corrected chi connectivity index (χ1v) is 9.07. The molecule has 0 aliphatic heterocycles. The summed E-state index contributed by atoms with van der Waals surface area (Å²) < 4.78 is 1.85. The van der Waals surface area contributed by atoms with Gasteiger partial charge in [0.15, 0.2) is 6.04 Å². The Kier molecular flexibility index (Phi) is 5.86. The number of nitrogens with one attached hydrogen (secondary N) is 2. The minimum absolute atomic E-state index is 0.401. The van der Waals surface area contributed by atoms with Gasteiger partial charge in [-0.1, -0.05) is 48.5 Å². The van der Waals surface area contributed by atoms with Gasteiger partial charge in [-0.25, -0.2) is 9.48 Å². The van der Waals surface area contributed by atoms with Gasteiger partial charge in [-0.2, -0.15) is 5.10 Å². The highest BCUT2D eigenvalue weighted by molar-refractivity contribution is 5.95. The van der Waals surface area contributed by atoms with E-state index in [0.717, 1.165) is 27.4 Å². The van der Waals surface area contributed by atoms with Crippen LogP contribution in [0, 0.1) is 0 Å². The number of benzene rings is 2. The normalized spacial score (nSPS) is 12.9. The molecule has 3 amide bonds. The Hall–Kier alpha value is -3.45. The third kappa shape index (κ3) is 4.44. The maximum absolute atomic E-state index is 12.1. The molecule has 7 heteroatoms. The molecule has 0 radical (unpaired) electrons. The van der Waals surface area contributed by atoms with Crippen molar-refractivity contribution in [3.05, 3.63) is 72.4 Å². The van der Waals surface area contributed by atoms with Crippen LogP contribution in [0.25, 0.3) is 16.9 Å². The van der Waals surface area contributed by atoms with Gasteiger partial charge in [0, 0.05) is 11.8 Å². The Morgan fingerprint density at radius 2 is 1.71 bits per heavy atom. The fourth-order valence-electron chi connectivity index (χ4n) is 3.00. The van der Waals surface area contributed by atoms with Crippen LogP contribution in [0.3, 0.4) is 0 Å². The number of nitrogens with two attached hydrogens (primary N) is 1. The van der Waals surface area contributed by atoms with Crippen LogP contribution in [0.1, 0.15) is 12.5 Å². The molecule has 2 aromatic carbocycles. The second-order valence-corrected chi connectivity index (χ2v) is 6.75. The molecule has 0 aliphatic rings. The predicted octanol–water partition coefficient (Wildman–Crippen LogP) is 1.14. The minimum Gasteiger partial charge on any atom is -0.351 e. The van der Waals surface area contributed by atoms with Gasteiger partial charge >= 0.3 is 6.03 Å². The number of hydrogen-bond acceptors (Lipinski definition) is 3. The molecule has 0 spiro atoms. The van der Waals surface area contributed by atoms with E-state index < -0.39 is 18.0 Å². The van der Waals surface area contributed by atoms with Crippen LogP contribution in [0.5, 0.6) is 0 Å². The standard InChI is InChI=1S/C21H23N5O2/c1-15(20(27)23-21(22)28)25(2)13-17-14-26(18-11-7-4-8-12-18)24-19(17)16-9-5-3-6-10-16/h3-12,14-15H,13H2,1-2H3,(H3,22,23,27,28)/p+1/t15-/m0/s1. The van der Waals surface area contributed by atoms with Crippen LogP contribution in [0.15, 0.2) is 66.9 Å². The zero-order valence-corrected chi connectivity index (χ0v) is 15.9. The first kappa shape index (κ1) is 19.3. The molecule has 0 bridgehead atoms. The molecule has 1 unspecified atom stereocenters. The van der Waals surface area contributed by atoms with Gasteiger partial charge < -0.3 is 10.6 Å². The van der Waals surface area contributed by atoms with Gasteiger partial charge in [-0.15, -0.1) is 0 Å². The van der Waals surface area contributed by atoms with Crippen molar-refractivity contribution in [2.45, 2.75) is 19.5 Å². The van der Waals surface area contributed by atoms with Crippen LogP contribution in [-0.4, -0.2) is 34.8 Å². The average Bonchev–Trinajstić information content (AvgIpc) is 3.12. The Balaban J connectivity index is 1.91. The highest BCUT2D eigenvalue weighted by Gasteiger charge is 2.25. The fourth-order valence-corrected chi connectivity index (χ4v) is 3.00. The molecule has 0 aliphatic carbocycles. The number of primary amides is 1. The number of hydrogen-bond donors (Lipinski definition) is 3. The van der Waals surface area contributed by atoms with Gasteiger partial charge in [0.05, 0.1) is 18.3 Å². The number of likely N-dealkylation sites (N-methyl/N-ethyl adjacent to an activating group) is 1.